The summed E-state index contributed by atoms with van der Waals surface area (Å²) in [5.41, 5.74) is -0.726. The van der Waals surface area contributed by atoms with E-state index in [0.717, 1.165) is 32.2 Å². The number of carbonyl (C=O) groups excluding carboxylic acids is 1. The van der Waals surface area contributed by atoms with Gasteiger partial charge in [-0.15, -0.1) is 23.4 Å². The Labute approximate surface area is 187 Å². The van der Waals surface area contributed by atoms with E-state index in [-0.39, 0.29) is 11.9 Å². The fraction of sp³-hybridized carbons (Fsp3) is 0.900. The number of ether oxygens (including phenoxy) is 1. The number of nitrogens with zero attached hydrogens (tertiary/aromatic N) is 1. The fourth-order valence-corrected chi connectivity index (χ4v) is 5.06. The number of thioether (sulfide) groups is 1. The summed E-state index contributed by atoms with van der Waals surface area (Å²) in [6, 6.07) is -1.10. The topological polar surface area (TPSA) is 115 Å². The largest absolute Gasteiger partial charge is 0.388 e. The van der Waals surface area contributed by atoms with E-state index < -0.39 is 41.3 Å². The van der Waals surface area contributed by atoms with Gasteiger partial charge in [-0.2, -0.15) is 0 Å². The highest BCUT2D eigenvalue weighted by molar-refractivity contribution is 7.99. The lowest BCUT2D eigenvalue weighted by Crippen LogP contribution is -2.65. The first-order valence-corrected chi connectivity index (χ1v) is 12.3. The van der Waals surface area contributed by atoms with E-state index in [4.69, 9.17) is 22.9 Å². The van der Waals surface area contributed by atoms with E-state index in [1.54, 1.807) is 13.2 Å². The van der Waals surface area contributed by atoms with Crippen molar-refractivity contribution in [2.24, 2.45) is 5.92 Å². The quantitative estimate of drug-likeness (QED) is 0.205. The number of hydrogen-bond acceptors (Lipinski definition) is 7. The Morgan fingerprint density at radius 1 is 1.30 bits per heavy atom. The number of aliphatic hydroxyl groups is 3. The molecule has 30 heavy (non-hydrogen) atoms. The number of rotatable bonds is 8. The summed E-state index contributed by atoms with van der Waals surface area (Å²) in [7, 11) is 0. The predicted octanol–water partition coefficient (Wildman–Crippen LogP) is 0.727. The van der Waals surface area contributed by atoms with E-state index in [1.807, 2.05) is 0 Å². The summed E-state index contributed by atoms with van der Waals surface area (Å²) in [6.45, 7) is 9.86. The lowest BCUT2D eigenvalue weighted by Gasteiger charge is -2.44. The zero-order chi connectivity index (χ0) is 22.3. The van der Waals surface area contributed by atoms with Crippen LogP contribution in [-0.4, -0.2) is 87.9 Å². The van der Waals surface area contributed by atoms with Crippen molar-refractivity contribution >= 4 is 29.3 Å². The van der Waals surface area contributed by atoms with Crippen LogP contribution < -0.4 is 10.6 Å². The van der Waals surface area contributed by atoms with Crippen molar-refractivity contribution in [3.8, 4) is 0 Å². The van der Waals surface area contributed by atoms with Crippen molar-refractivity contribution in [3.05, 3.63) is 11.4 Å². The smallest absolute Gasteiger partial charge is 0.237 e. The maximum absolute atomic E-state index is 13.0. The second-order valence-corrected chi connectivity index (χ2v) is 9.78. The van der Waals surface area contributed by atoms with E-state index in [9.17, 15) is 20.1 Å². The molecule has 1 unspecified atom stereocenters. The minimum atomic E-state index is -1.39. The highest BCUT2D eigenvalue weighted by Crippen LogP contribution is 2.30. The molecule has 2 aliphatic heterocycles. The molecule has 8 nitrogen and oxygen atoms in total. The molecule has 0 saturated carbocycles. The van der Waals surface area contributed by atoms with Crippen molar-refractivity contribution in [1.29, 1.82) is 0 Å². The number of nitrogens with one attached hydrogen (secondary N) is 2. The van der Waals surface area contributed by atoms with Crippen LogP contribution in [0.2, 0.25) is 0 Å². The van der Waals surface area contributed by atoms with Crippen molar-refractivity contribution in [1.82, 2.24) is 10.6 Å². The molecule has 2 fully saturated rings. The monoisotopic (exact) mass is 463 g/mol. The molecule has 0 bridgehead atoms. The third-order valence-corrected chi connectivity index (χ3v) is 7.13. The van der Waals surface area contributed by atoms with Crippen LogP contribution in [-0.2, 0) is 9.53 Å². The maximum atomic E-state index is 13.0. The van der Waals surface area contributed by atoms with Gasteiger partial charge in [0.2, 0.25) is 12.5 Å². The Morgan fingerprint density at radius 2 is 2.03 bits per heavy atom. The third-order valence-electron chi connectivity index (χ3n) is 6.00. The first-order chi connectivity index (χ1) is 14.3. The summed E-state index contributed by atoms with van der Waals surface area (Å²) >= 11 is 7.55. The van der Waals surface area contributed by atoms with Crippen LogP contribution in [0, 0.1) is 12.5 Å². The summed E-state index contributed by atoms with van der Waals surface area (Å²) in [6.07, 6.45) is 1.26. The Bertz CT molecular complexity index is 591. The Kier molecular flexibility index (Phi) is 10.6. The van der Waals surface area contributed by atoms with Gasteiger partial charge in [0.05, 0.1) is 17.5 Å². The predicted molar refractivity (Wildman–Crippen MR) is 117 cm³/mol. The van der Waals surface area contributed by atoms with Gasteiger partial charge < -0.3 is 35.5 Å². The number of aliphatic hydroxyl groups excluding tert-OH is 3. The van der Waals surface area contributed by atoms with Gasteiger partial charge in [0, 0.05) is 6.42 Å². The minimum Gasteiger partial charge on any atom is -0.388 e. The van der Waals surface area contributed by atoms with Crippen LogP contribution in [0.5, 0.6) is 0 Å². The highest BCUT2D eigenvalue weighted by atomic mass is 35.5. The van der Waals surface area contributed by atoms with Gasteiger partial charge in [-0.25, -0.2) is 6.57 Å². The number of hydrogen-bond donors (Lipinski definition) is 5. The lowest BCUT2D eigenvalue weighted by molar-refractivity contribution is -0.205. The van der Waals surface area contributed by atoms with Gasteiger partial charge >= 0.3 is 0 Å². The molecule has 172 valence electrons. The molecule has 0 radical (unpaired) electrons. The number of alkyl halides is 1. The summed E-state index contributed by atoms with van der Waals surface area (Å²) in [5.74, 6) is 0.286. The summed E-state index contributed by atoms with van der Waals surface area (Å²) in [5, 5.41) is 36.3. The van der Waals surface area contributed by atoms with E-state index in [0.29, 0.717) is 18.9 Å². The lowest BCUT2D eigenvalue weighted by atomic mass is 9.92. The fourth-order valence-electron chi connectivity index (χ4n) is 4.17. The molecule has 0 aromatic rings. The SMILES string of the molecule is [C-]#[N+]CCC[C@@H]1CCNC(C(=O)N[C@@H]([C@H]2O[C@H](SC)[C@H](O)[C@@H](O)[C@H]2O)[C@H](C)Cl)CC1. The van der Waals surface area contributed by atoms with Crippen LogP contribution in [0.4, 0.5) is 0 Å². The second-order valence-electron chi connectivity index (χ2n) is 8.15. The Balaban J connectivity index is 1.99. The Hall–Kier alpha value is -0.600. The standard InChI is InChI=1S/C20H34ClN3O5S/c1-11(21)14(18-16(26)15(25)17(27)20(29-18)30-3)24-19(28)13-7-6-12(8-10-23-13)5-4-9-22-2/h11-18,20,23,25-27H,4-10H2,1,3H3,(H,24,28)/t11-,12-,13?,14+,15-,16+,17+,18+,20+/m0/s1. The third kappa shape index (κ3) is 6.70. The normalized spacial score (nSPS) is 36.9. The highest BCUT2D eigenvalue weighted by Gasteiger charge is 2.48. The van der Waals surface area contributed by atoms with E-state index in [1.165, 1.54) is 11.8 Å². The minimum absolute atomic E-state index is 0.216. The molecular weight excluding hydrogens is 430 g/mol. The number of halogens is 1. The molecule has 0 spiro atoms. The van der Waals surface area contributed by atoms with Crippen LogP contribution in [0.3, 0.4) is 0 Å². The van der Waals surface area contributed by atoms with Crippen molar-refractivity contribution < 1.29 is 24.9 Å². The molecule has 5 N–H and O–H groups in total. The van der Waals surface area contributed by atoms with Crippen LogP contribution in [0.15, 0.2) is 0 Å². The van der Waals surface area contributed by atoms with Crippen molar-refractivity contribution in [3.63, 3.8) is 0 Å². The average Bonchev–Trinajstić information content (AvgIpc) is 2.97. The van der Waals surface area contributed by atoms with E-state index >= 15 is 0 Å². The molecule has 2 aliphatic rings. The number of carbonyl (C=O) groups is 1. The summed E-state index contributed by atoms with van der Waals surface area (Å²) in [4.78, 5) is 16.4. The van der Waals surface area contributed by atoms with Gasteiger partial charge in [-0.05, 0) is 51.3 Å². The molecule has 1 amide bonds. The molecule has 0 aromatic carbocycles. The van der Waals surface area contributed by atoms with Crippen LogP contribution in [0.1, 0.15) is 39.0 Å². The molecule has 2 heterocycles. The zero-order valence-electron chi connectivity index (χ0n) is 17.5. The van der Waals surface area contributed by atoms with Crippen LogP contribution in [0.25, 0.3) is 4.85 Å². The molecule has 0 aliphatic carbocycles. The van der Waals surface area contributed by atoms with Gasteiger partial charge in [-0.1, -0.05) is 0 Å². The number of amides is 1. The second kappa shape index (κ2) is 12.4. The van der Waals surface area contributed by atoms with Crippen molar-refractivity contribution in [2.45, 2.75) is 86.3 Å². The molecule has 2 rings (SSSR count). The van der Waals surface area contributed by atoms with Crippen LogP contribution >= 0.6 is 23.4 Å². The molecule has 2 saturated heterocycles. The first kappa shape index (κ1) is 25.7. The first-order valence-electron chi connectivity index (χ1n) is 10.5. The zero-order valence-corrected chi connectivity index (χ0v) is 19.1. The van der Waals surface area contributed by atoms with Gasteiger partial charge in [0.15, 0.2) is 0 Å². The van der Waals surface area contributed by atoms with Gasteiger partial charge in [0.1, 0.15) is 29.9 Å². The molecule has 10 heteroatoms. The summed E-state index contributed by atoms with van der Waals surface area (Å²) < 4.78 is 5.80. The van der Waals surface area contributed by atoms with Gasteiger partial charge in [0.25, 0.3) is 0 Å². The molecular formula is C20H34ClN3O5S. The van der Waals surface area contributed by atoms with Crippen molar-refractivity contribution in [2.75, 3.05) is 19.3 Å². The van der Waals surface area contributed by atoms with E-state index in [2.05, 4.69) is 15.5 Å². The molecule has 9 atom stereocenters. The maximum Gasteiger partial charge on any atom is 0.237 e. The average molecular weight is 464 g/mol. The Morgan fingerprint density at radius 3 is 2.67 bits per heavy atom. The molecule has 0 aromatic heterocycles. The van der Waals surface area contributed by atoms with Gasteiger partial charge in [-0.3, -0.25) is 4.79 Å².